The minimum absolute atomic E-state index is 0.469. The van der Waals surface area contributed by atoms with Crippen LogP contribution in [0.4, 0.5) is 5.69 Å². The molecule has 0 saturated heterocycles. The van der Waals surface area contributed by atoms with Crippen molar-refractivity contribution in [3.63, 3.8) is 0 Å². The fourth-order valence-corrected chi connectivity index (χ4v) is 3.31. The maximum Gasteiger partial charge on any atom is 0.142 e. The lowest BCUT2D eigenvalue weighted by molar-refractivity contribution is 0.125. The number of hydrogen-bond donors (Lipinski definition) is 2. The van der Waals surface area contributed by atoms with Crippen molar-refractivity contribution in [2.45, 2.75) is 64.0 Å². The Kier molecular flexibility index (Phi) is 7.18. The van der Waals surface area contributed by atoms with E-state index < -0.39 is 6.10 Å². The van der Waals surface area contributed by atoms with Crippen molar-refractivity contribution in [1.29, 1.82) is 0 Å². The van der Waals surface area contributed by atoms with Crippen molar-refractivity contribution in [2.24, 2.45) is 0 Å². The van der Waals surface area contributed by atoms with Crippen LogP contribution in [0.1, 0.15) is 63.5 Å². The SMILES string of the molecule is CCCOc1ccc(C(O)CCN(C)C2CCCCC2)cc1N. The van der Waals surface area contributed by atoms with E-state index in [4.69, 9.17) is 10.5 Å². The molecule has 0 heterocycles. The molecule has 0 bridgehead atoms. The Morgan fingerprint density at radius 3 is 2.70 bits per heavy atom. The largest absolute Gasteiger partial charge is 0.491 e. The van der Waals surface area contributed by atoms with E-state index in [1.54, 1.807) is 0 Å². The number of rotatable bonds is 8. The molecule has 1 saturated carbocycles. The molecule has 1 unspecified atom stereocenters. The molecule has 3 N–H and O–H groups in total. The number of aliphatic hydroxyl groups excluding tert-OH is 1. The summed E-state index contributed by atoms with van der Waals surface area (Å²) in [6.07, 6.45) is 7.87. The van der Waals surface area contributed by atoms with Gasteiger partial charge < -0.3 is 20.5 Å². The quantitative estimate of drug-likeness (QED) is 0.716. The Hall–Kier alpha value is -1.26. The summed E-state index contributed by atoms with van der Waals surface area (Å²) < 4.78 is 5.58. The van der Waals surface area contributed by atoms with Crippen LogP contribution < -0.4 is 10.5 Å². The lowest BCUT2D eigenvalue weighted by Crippen LogP contribution is -2.34. The van der Waals surface area contributed by atoms with Gasteiger partial charge in [0.15, 0.2) is 0 Å². The zero-order chi connectivity index (χ0) is 16.7. The molecule has 23 heavy (non-hydrogen) atoms. The number of hydrogen-bond acceptors (Lipinski definition) is 4. The highest BCUT2D eigenvalue weighted by Crippen LogP contribution is 2.28. The number of ether oxygens (including phenoxy) is 1. The predicted octanol–water partition coefficient (Wildman–Crippen LogP) is 3.75. The predicted molar refractivity (Wildman–Crippen MR) is 95.7 cm³/mol. The van der Waals surface area contributed by atoms with E-state index in [1.165, 1.54) is 32.1 Å². The Balaban J connectivity index is 1.84. The summed E-state index contributed by atoms with van der Waals surface area (Å²) in [6.45, 7) is 3.65. The summed E-state index contributed by atoms with van der Waals surface area (Å²) in [5, 5.41) is 10.4. The second kappa shape index (κ2) is 9.14. The van der Waals surface area contributed by atoms with E-state index in [1.807, 2.05) is 18.2 Å². The third-order valence-corrected chi connectivity index (χ3v) is 4.83. The van der Waals surface area contributed by atoms with Gasteiger partial charge in [-0.2, -0.15) is 0 Å². The smallest absolute Gasteiger partial charge is 0.142 e. The average molecular weight is 320 g/mol. The molecule has 4 nitrogen and oxygen atoms in total. The molecule has 0 radical (unpaired) electrons. The molecule has 0 amide bonds. The Labute approximate surface area is 140 Å². The maximum atomic E-state index is 10.4. The summed E-state index contributed by atoms with van der Waals surface area (Å²) in [6, 6.07) is 6.32. The lowest BCUT2D eigenvalue weighted by atomic mass is 9.94. The first kappa shape index (κ1) is 18.1. The van der Waals surface area contributed by atoms with Gasteiger partial charge >= 0.3 is 0 Å². The zero-order valence-corrected chi connectivity index (χ0v) is 14.6. The van der Waals surface area contributed by atoms with Crippen LogP contribution >= 0.6 is 0 Å². The molecular weight excluding hydrogens is 288 g/mol. The van der Waals surface area contributed by atoms with Gasteiger partial charge in [0.25, 0.3) is 0 Å². The summed E-state index contributed by atoms with van der Waals surface area (Å²) >= 11 is 0. The summed E-state index contributed by atoms with van der Waals surface area (Å²) in [7, 11) is 2.18. The van der Waals surface area contributed by atoms with Gasteiger partial charge in [-0.05, 0) is 50.4 Å². The molecule has 0 spiro atoms. The number of anilines is 1. The highest BCUT2D eigenvalue weighted by molar-refractivity contribution is 5.54. The fraction of sp³-hybridized carbons (Fsp3) is 0.684. The van der Waals surface area contributed by atoms with E-state index in [0.29, 0.717) is 24.1 Å². The van der Waals surface area contributed by atoms with Crippen LogP contribution in [0.15, 0.2) is 18.2 Å². The van der Waals surface area contributed by atoms with Crippen LogP contribution in [0.2, 0.25) is 0 Å². The molecular formula is C19H32N2O2. The van der Waals surface area contributed by atoms with Crippen LogP contribution in [0.3, 0.4) is 0 Å². The topological polar surface area (TPSA) is 58.7 Å². The second-order valence-corrected chi connectivity index (χ2v) is 6.72. The molecule has 0 aliphatic heterocycles. The van der Waals surface area contributed by atoms with Gasteiger partial charge in [-0.3, -0.25) is 0 Å². The fourth-order valence-electron chi connectivity index (χ4n) is 3.31. The first-order valence-corrected chi connectivity index (χ1v) is 9.02. The minimum atomic E-state index is -0.469. The molecule has 1 aliphatic carbocycles. The first-order chi connectivity index (χ1) is 11.1. The zero-order valence-electron chi connectivity index (χ0n) is 14.6. The molecule has 1 aromatic rings. The van der Waals surface area contributed by atoms with Gasteiger partial charge in [0.1, 0.15) is 5.75 Å². The van der Waals surface area contributed by atoms with Gasteiger partial charge in [-0.1, -0.05) is 32.3 Å². The molecule has 1 atom stereocenters. The first-order valence-electron chi connectivity index (χ1n) is 9.02. The Morgan fingerprint density at radius 1 is 1.30 bits per heavy atom. The highest BCUT2D eigenvalue weighted by atomic mass is 16.5. The average Bonchev–Trinajstić information content (AvgIpc) is 2.59. The van der Waals surface area contributed by atoms with Crippen molar-refractivity contribution in [2.75, 3.05) is 25.9 Å². The monoisotopic (exact) mass is 320 g/mol. The standard InChI is InChI=1S/C19H32N2O2/c1-3-13-23-19-10-9-15(14-17(19)20)18(22)11-12-21(2)16-7-5-4-6-8-16/h9-10,14,16,18,22H,3-8,11-13,20H2,1-2H3. The second-order valence-electron chi connectivity index (χ2n) is 6.72. The van der Waals surface area contributed by atoms with Gasteiger partial charge in [0.2, 0.25) is 0 Å². The van der Waals surface area contributed by atoms with Crippen LogP contribution in [0.25, 0.3) is 0 Å². The number of benzene rings is 1. The van der Waals surface area contributed by atoms with E-state index in [0.717, 1.165) is 24.9 Å². The molecule has 1 fully saturated rings. The van der Waals surface area contributed by atoms with Crippen molar-refractivity contribution < 1.29 is 9.84 Å². The van der Waals surface area contributed by atoms with Crippen molar-refractivity contribution >= 4 is 5.69 Å². The number of nitrogens with two attached hydrogens (primary N) is 1. The normalized spacial score (nSPS) is 17.4. The van der Waals surface area contributed by atoms with E-state index in [2.05, 4.69) is 18.9 Å². The summed E-state index contributed by atoms with van der Waals surface area (Å²) in [4.78, 5) is 2.41. The van der Waals surface area contributed by atoms with Crippen LogP contribution in [-0.2, 0) is 0 Å². The van der Waals surface area contributed by atoms with E-state index in [9.17, 15) is 5.11 Å². The maximum absolute atomic E-state index is 10.4. The number of nitrogens with zero attached hydrogens (tertiary/aromatic N) is 1. The molecule has 130 valence electrons. The Morgan fingerprint density at radius 2 is 2.04 bits per heavy atom. The molecule has 1 aliphatic rings. The number of nitrogen functional groups attached to an aromatic ring is 1. The highest BCUT2D eigenvalue weighted by Gasteiger charge is 2.19. The van der Waals surface area contributed by atoms with Crippen molar-refractivity contribution in [3.8, 4) is 5.75 Å². The van der Waals surface area contributed by atoms with Crippen LogP contribution in [0.5, 0.6) is 5.75 Å². The molecule has 0 aromatic heterocycles. The van der Waals surface area contributed by atoms with Crippen LogP contribution in [0, 0.1) is 0 Å². The molecule has 2 rings (SSSR count). The van der Waals surface area contributed by atoms with Gasteiger partial charge in [-0.25, -0.2) is 0 Å². The van der Waals surface area contributed by atoms with E-state index >= 15 is 0 Å². The Bertz CT molecular complexity index is 472. The van der Waals surface area contributed by atoms with Gasteiger partial charge in [-0.15, -0.1) is 0 Å². The van der Waals surface area contributed by atoms with Crippen molar-refractivity contribution in [1.82, 2.24) is 4.90 Å². The van der Waals surface area contributed by atoms with Gasteiger partial charge in [0, 0.05) is 12.6 Å². The summed E-state index contributed by atoms with van der Waals surface area (Å²) in [5.41, 5.74) is 7.51. The van der Waals surface area contributed by atoms with Crippen LogP contribution in [-0.4, -0.2) is 36.2 Å². The molecule has 1 aromatic carbocycles. The van der Waals surface area contributed by atoms with E-state index in [-0.39, 0.29) is 0 Å². The van der Waals surface area contributed by atoms with Gasteiger partial charge in [0.05, 0.1) is 18.4 Å². The number of aliphatic hydroxyl groups is 1. The molecule has 4 heteroatoms. The minimum Gasteiger partial charge on any atom is -0.491 e. The lowest BCUT2D eigenvalue weighted by Gasteiger charge is -2.31. The van der Waals surface area contributed by atoms with Crippen molar-refractivity contribution in [3.05, 3.63) is 23.8 Å². The third-order valence-electron chi connectivity index (χ3n) is 4.83. The summed E-state index contributed by atoms with van der Waals surface area (Å²) in [5.74, 6) is 0.710. The third kappa shape index (κ3) is 5.40.